The number of ether oxygens (including phenoxy) is 2. The molecule has 0 saturated heterocycles. The minimum atomic E-state index is -0.141. The third-order valence-corrected chi connectivity index (χ3v) is 5.34. The standard InChI is InChI=1S/C23H28N8O4/c1-3-31-21-16(34-10-5-9-24)13-26-18(19(21)28-23(31)20-22(25)30-35-29-20)14-6-4-7-15(12-14)27-17(32)8-11-33-2/h4,6-7,12-13H,3,5,8-11,24H2,1-2H3,(H2,25,30)(H,27,32). The number of fused-ring (bicyclic) bond motifs is 1. The third-order valence-electron chi connectivity index (χ3n) is 5.34. The smallest absolute Gasteiger partial charge is 0.226 e. The van der Waals surface area contributed by atoms with Crippen molar-refractivity contribution in [3.63, 3.8) is 0 Å². The van der Waals surface area contributed by atoms with E-state index in [9.17, 15) is 4.79 Å². The molecule has 0 fully saturated rings. The summed E-state index contributed by atoms with van der Waals surface area (Å²) >= 11 is 0. The zero-order chi connectivity index (χ0) is 24.8. The fourth-order valence-electron chi connectivity index (χ4n) is 3.70. The number of hydrogen-bond acceptors (Lipinski definition) is 10. The molecule has 4 rings (SSSR count). The fraction of sp³-hybridized carbons (Fsp3) is 0.348. The Morgan fingerprint density at radius 3 is 2.80 bits per heavy atom. The minimum Gasteiger partial charge on any atom is -0.490 e. The first-order valence-corrected chi connectivity index (χ1v) is 11.3. The number of amides is 1. The van der Waals surface area contributed by atoms with Gasteiger partial charge in [0.15, 0.2) is 23.1 Å². The maximum atomic E-state index is 12.2. The Morgan fingerprint density at radius 2 is 2.09 bits per heavy atom. The monoisotopic (exact) mass is 480 g/mol. The number of imidazole rings is 1. The number of aromatic nitrogens is 5. The highest BCUT2D eigenvalue weighted by Crippen LogP contribution is 2.37. The van der Waals surface area contributed by atoms with Crippen molar-refractivity contribution in [2.45, 2.75) is 26.3 Å². The molecule has 1 aromatic carbocycles. The molecule has 4 aromatic rings. The average molecular weight is 481 g/mol. The van der Waals surface area contributed by atoms with Crippen molar-refractivity contribution in [3.8, 4) is 28.5 Å². The molecule has 1 amide bonds. The predicted octanol–water partition coefficient (Wildman–Crippen LogP) is 2.45. The summed E-state index contributed by atoms with van der Waals surface area (Å²) in [5.41, 5.74) is 15.3. The van der Waals surface area contributed by atoms with Crippen LogP contribution < -0.4 is 21.5 Å². The third kappa shape index (κ3) is 5.08. The van der Waals surface area contributed by atoms with E-state index in [2.05, 4.69) is 20.6 Å². The molecule has 12 heteroatoms. The molecule has 3 aromatic heterocycles. The van der Waals surface area contributed by atoms with E-state index in [-0.39, 0.29) is 18.1 Å². The highest BCUT2D eigenvalue weighted by Gasteiger charge is 2.24. The summed E-state index contributed by atoms with van der Waals surface area (Å²) in [5.74, 6) is 1.05. The van der Waals surface area contributed by atoms with E-state index in [1.807, 2.05) is 35.8 Å². The number of carbonyl (C=O) groups is 1. The van der Waals surface area contributed by atoms with Crippen LogP contribution in [0.5, 0.6) is 5.75 Å². The molecule has 0 unspecified atom stereocenters. The Morgan fingerprint density at radius 1 is 1.23 bits per heavy atom. The summed E-state index contributed by atoms with van der Waals surface area (Å²) in [4.78, 5) is 21.7. The molecular formula is C23H28N8O4. The molecular weight excluding hydrogens is 452 g/mol. The van der Waals surface area contributed by atoms with Crippen LogP contribution in [0.1, 0.15) is 19.8 Å². The van der Waals surface area contributed by atoms with Gasteiger partial charge in [-0.2, -0.15) is 0 Å². The van der Waals surface area contributed by atoms with Gasteiger partial charge in [-0.25, -0.2) is 14.6 Å². The fourth-order valence-corrected chi connectivity index (χ4v) is 3.70. The lowest BCUT2D eigenvalue weighted by Gasteiger charge is -2.12. The van der Waals surface area contributed by atoms with Gasteiger partial charge in [-0.1, -0.05) is 12.1 Å². The van der Waals surface area contributed by atoms with E-state index >= 15 is 0 Å². The second-order valence-corrected chi connectivity index (χ2v) is 7.71. The molecule has 0 aliphatic rings. The highest BCUT2D eigenvalue weighted by molar-refractivity contribution is 5.97. The number of benzene rings is 1. The van der Waals surface area contributed by atoms with Crippen LogP contribution in [-0.4, -0.2) is 57.6 Å². The van der Waals surface area contributed by atoms with E-state index in [0.717, 1.165) is 11.1 Å². The summed E-state index contributed by atoms with van der Waals surface area (Å²) in [6.07, 6.45) is 2.62. The van der Waals surface area contributed by atoms with Crippen LogP contribution in [0.2, 0.25) is 0 Å². The summed E-state index contributed by atoms with van der Waals surface area (Å²) in [5, 5.41) is 10.5. The van der Waals surface area contributed by atoms with Gasteiger partial charge in [-0.15, -0.1) is 0 Å². The van der Waals surface area contributed by atoms with E-state index in [1.54, 1.807) is 13.3 Å². The summed E-state index contributed by atoms with van der Waals surface area (Å²) in [6.45, 7) is 3.83. The Kier molecular flexibility index (Phi) is 7.53. The number of methoxy groups -OCH3 is 1. The molecule has 0 atom stereocenters. The largest absolute Gasteiger partial charge is 0.490 e. The normalized spacial score (nSPS) is 11.2. The number of nitrogens with one attached hydrogen (secondary N) is 1. The molecule has 0 saturated carbocycles. The first kappa shape index (κ1) is 24.1. The predicted molar refractivity (Wildman–Crippen MR) is 131 cm³/mol. The SMILES string of the molecule is CCn1c(-c2nonc2N)nc2c(-c3cccc(NC(=O)CCOC)c3)ncc(OCCCN)c21. The lowest BCUT2D eigenvalue weighted by Crippen LogP contribution is -2.13. The van der Waals surface area contributed by atoms with Crippen LogP contribution in [0, 0.1) is 0 Å². The molecule has 3 heterocycles. The molecule has 0 radical (unpaired) electrons. The summed E-state index contributed by atoms with van der Waals surface area (Å²) in [7, 11) is 1.56. The van der Waals surface area contributed by atoms with Crippen LogP contribution in [0.25, 0.3) is 33.8 Å². The maximum absolute atomic E-state index is 12.2. The van der Waals surface area contributed by atoms with Crippen molar-refractivity contribution in [2.24, 2.45) is 5.73 Å². The Labute approximate surface area is 201 Å². The van der Waals surface area contributed by atoms with Gasteiger partial charge in [-0.3, -0.25) is 4.79 Å². The van der Waals surface area contributed by atoms with E-state index < -0.39 is 0 Å². The highest BCUT2D eigenvalue weighted by atomic mass is 16.6. The van der Waals surface area contributed by atoms with Crippen molar-refractivity contribution < 1.29 is 18.9 Å². The van der Waals surface area contributed by atoms with E-state index in [4.69, 9.17) is 30.6 Å². The second-order valence-electron chi connectivity index (χ2n) is 7.71. The topological polar surface area (TPSA) is 169 Å². The van der Waals surface area contributed by atoms with E-state index in [1.165, 1.54) is 0 Å². The van der Waals surface area contributed by atoms with Crippen molar-refractivity contribution in [3.05, 3.63) is 30.5 Å². The van der Waals surface area contributed by atoms with Gasteiger partial charge in [-0.05, 0) is 42.3 Å². The van der Waals surface area contributed by atoms with Gasteiger partial charge in [0.25, 0.3) is 0 Å². The minimum absolute atomic E-state index is 0.135. The lowest BCUT2D eigenvalue weighted by molar-refractivity contribution is -0.117. The molecule has 0 bridgehead atoms. The quantitative estimate of drug-likeness (QED) is 0.271. The molecule has 5 N–H and O–H groups in total. The van der Waals surface area contributed by atoms with Crippen LogP contribution in [0.3, 0.4) is 0 Å². The van der Waals surface area contributed by atoms with Gasteiger partial charge in [0.1, 0.15) is 11.0 Å². The maximum Gasteiger partial charge on any atom is 0.226 e. The molecule has 12 nitrogen and oxygen atoms in total. The Bertz CT molecular complexity index is 1320. The number of pyridine rings is 1. The van der Waals surface area contributed by atoms with E-state index in [0.29, 0.717) is 66.9 Å². The lowest BCUT2D eigenvalue weighted by atomic mass is 10.1. The average Bonchev–Trinajstić information content (AvgIpc) is 3.46. The number of nitrogens with zero attached hydrogens (tertiary/aromatic N) is 5. The molecule has 0 spiro atoms. The molecule has 184 valence electrons. The first-order valence-electron chi connectivity index (χ1n) is 11.3. The number of carbonyl (C=O) groups excluding carboxylic acids is 1. The van der Waals surface area contributed by atoms with Gasteiger partial charge in [0.05, 0.1) is 31.5 Å². The molecule has 35 heavy (non-hydrogen) atoms. The summed E-state index contributed by atoms with van der Waals surface area (Å²) < 4.78 is 17.7. The van der Waals surface area contributed by atoms with Crippen molar-refractivity contribution >= 4 is 28.4 Å². The molecule has 0 aliphatic heterocycles. The zero-order valence-electron chi connectivity index (χ0n) is 19.7. The number of hydrogen-bond donors (Lipinski definition) is 3. The number of nitrogen functional groups attached to an aromatic ring is 1. The Balaban J connectivity index is 1.83. The van der Waals surface area contributed by atoms with Crippen molar-refractivity contribution in [2.75, 3.05) is 37.9 Å². The number of rotatable bonds is 11. The van der Waals surface area contributed by atoms with Crippen LogP contribution >= 0.6 is 0 Å². The summed E-state index contributed by atoms with van der Waals surface area (Å²) in [6, 6.07) is 7.40. The zero-order valence-corrected chi connectivity index (χ0v) is 19.7. The first-order chi connectivity index (χ1) is 17.1. The number of aryl methyl sites for hydroxylation is 1. The van der Waals surface area contributed by atoms with Crippen molar-refractivity contribution in [1.29, 1.82) is 0 Å². The van der Waals surface area contributed by atoms with Crippen LogP contribution in [-0.2, 0) is 16.1 Å². The van der Waals surface area contributed by atoms with Crippen molar-refractivity contribution in [1.82, 2.24) is 24.8 Å². The van der Waals surface area contributed by atoms with Crippen LogP contribution in [0.15, 0.2) is 35.1 Å². The van der Waals surface area contributed by atoms with Crippen LogP contribution in [0.4, 0.5) is 11.5 Å². The number of nitrogens with two attached hydrogens (primary N) is 2. The molecule has 0 aliphatic carbocycles. The van der Waals surface area contributed by atoms with Gasteiger partial charge in [0.2, 0.25) is 5.91 Å². The number of anilines is 2. The Hall–Kier alpha value is -4.03. The van der Waals surface area contributed by atoms with Gasteiger partial charge >= 0.3 is 0 Å². The second kappa shape index (κ2) is 10.9. The van der Waals surface area contributed by atoms with Gasteiger partial charge in [0, 0.05) is 24.9 Å². The van der Waals surface area contributed by atoms with Gasteiger partial charge < -0.3 is 30.8 Å².